The van der Waals surface area contributed by atoms with Gasteiger partial charge in [-0.25, -0.2) is 9.18 Å². The summed E-state index contributed by atoms with van der Waals surface area (Å²) < 4.78 is 18.0. The number of halogens is 1. The highest BCUT2D eigenvalue weighted by Gasteiger charge is 2.36. The maximum atomic E-state index is 13.2. The molecule has 2 amide bonds. The lowest BCUT2D eigenvalue weighted by Crippen LogP contribution is -2.55. The van der Waals surface area contributed by atoms with Crippen molar-refractivity contribution in [1.82, 2.24) is 14.7 Å². The average molecular weight is 454 g/mol. The van der Waals surface area contributed by atoms with Crippen LogP contribution in [0, 0.1) is 5.82 Å². The minimum absolute atomic E-state index is 0.00835. The highest BCUT2D eigenvalue weighted by atomic mass is 19.1. The molecule has 33 heavy (non-hydrogen) atoms. The second-order valence-electron chi connectivity index (χ2n) is 8.49. The molecule has 1 fully saturated rings. The van der Waals surface area contributed by atoms with E-state index in [9.17, 15) is 18.8 Å². The average Bonchev–Trinajstić information content (AvgIpc) is 2.84. The highest BCUT2D eigenvalue weighted by molar-refractivity contribution is 5.86. The Labute approximate surface area is 192 Å². The van der Waals surface area contributed by atoms with Crippen molar-refractivity contribution in [1.29, 1.82) is 0 Å². The topological polar surface area (TPSA) is 70.2 Å². The molecule has 0 bridgehead atoms. The van der Waals surface area contributed by atoms with E-state index >= 15 is 0 Å². The zero-order chi connectivity index (χ0) is 23.4. The largest absolute Gasteiger partial charge is 0.467 e. The first-order valence-corrected chi connectivity index (χ1v) is 11.1. The van der Waals surface area contributed by atoms with Gasteiger partial charge in [0.15, 0.2) is 0 Å². The number of nitrogens with zero attached hydrogens (tertiary/aromatic N) is 3. The number of carbonyl (C=O) groups is 3. The molecule has 8 heteroatoms. The number of esters is 1. The number of hydrogen-bond donors (Lipinski definition) is 0. The zero-order valence-corrected chi connectivity index (χ0v) is 18.7. The van der Waals surface area contributed by atoms with E-state index < -0.39 is 12.0 Å². The minimum Gasteiger partial charge on any atom is -0.467 e. The standard InChI is InChI=1S/C25H28FN3O4/c1-33-25(32)22-15-19-4-2-3-5-20(19)16-29(22)24(31)17-27-10-12-28(13-11-27)23(30)14-18-6-8-21(26)9-7-18/h2-9,22H,10-17H2,1H3. The summed E-state index contributed by atoms with van der Waals surface area (Å²) in [6.07, 6.45) is 0.674. The number of hydrogen-bond acceptors (Lipinski definition) is 5. The predicted octanol–water partition coefficient (Wildman–Crippen LogP) is 1.64. The van der Waals surface area contributed by atoms with Crippen molar-refractivity contribution in [3.8, 4) is 0 Å². The number of rotatable bonds is 5. The van der Waals surface area contributed by atoms with Crippen LogP contribution in [0.1, 0.15) is 16.7 Å². The van der Waals surface area contributed by atoms with Gasteiger partial charge in [0.25, 0.3) is 0 Å². The molecule has 2 aromatic rings. The van der Waals surface area contributed by atoms with Gasteiger partial charge in [0, 0.05) is 39.1 Å². The molecule has 0 aliphatic carbocycles. The van der Waals surface area contributed by atoms with Gasteiger partial charge in [-0.15, -0.1) is 0 Å². The molecular weight excluding hydrogens is 425 g/mol. The fourth-order valence-electron chi connectivity index (χ4n) is 4.46. The molecule has 7 nitrogen and oxygen atoms in total. The Morgan fingerprint density at radius 3 is 2.27 bits per heavy atom. The van der Waals surface area contributed by atoms with Crippen LogP contribution in [-0.2, 0) is 38.5 Å². The molecule has 2 aliphatic rings. The van der Waals surface area contributed by atoms with Crippen molar-refractivity contribution < 1.29 is 23.5 Å². The van der Waals surface area contributed by atoms with Crippen LogP contribution in [0.25, 0.3) is 0 Å². The second kappa shape index (κ2) is 10.1. The van der Waals surface area contributed by atoms with Crippen LogP contribution < -0.4 is 0 Å². The third kappa shape index (κ3) is 5.39. The summed E-state index contributed by atoms with van der Waals surface area (Å²) in [5.74, 6) is -0.859. The highest BCUT2D eigenvalue weighted by Crippen LogP contribution is 2.24. The van der Waals surface area contributed by atoms with E-state index in [0.29, 0.717) is 39.1 Å². The van der Waals surface area contributed by atoms with Crippen molar-refractivity contribution >= 4 is 17.8 Å². The van der Waals surface area contributed by atoms with Crippen molar-refractivity contribution in [2.45, 2.75) is 25.4 Å². The van der Waals surface area contributed by atoms with Crippen LogP contribution >= 0.6 is 0 Å². The summed E-state index contributed by atoms with van der Waals surface area (Å²) >= 11 is 0. The lowest BCUT2D eigenvalue weighted by Gasteiger charge is -2.38. The van der Waals surface area contributed by atoms with Gasteiger partial charge >= 0.3 is 5.97 Å². The zero-order valence-electron chi connectivity index (χ0n) is 18.7. The van der Waals surface area contributed by atoms with Crippen molar-refractivity contribution in [2.24, 2.45) is 0 Å². The summed E-state index contributed by atoms with van der Waals surface area (Å²) in [6.45, 7) is 2.77. The van der Waals surface area contributed by atoms with Crippen LogP contribution in [0.15, 0.2) is 48.5 Å². The van der Waals surface area contributed by atoms with Gasteiger partial charge in [-0.2, -0.15) is 0 Å². The molecule has 2 heterocycles. The molecule has 1 unspecified atom stereocenters. The van der Waals surface area contributed by atoms with Crippen LogP contribution in [0.5, 0.6) is 0 Å². The maximum Gasteiger partial charge on any atom is 0.328 e. The Bertz CT molecular complexity index is 1020. The first-order chi connectivity index (χ1) is 15.9. The number of piperazine rings is 1. The number of methoxy groups -OCH3 is 1. The number of carbonyl (C=O) groups excluding carboxylic acids is 3. The smallest absolute Gasteiger partial charge is 0.328 e. The second-order valence-corrected chi connectivity index (χ2v) is 8.49. The summed E-state index contributed by atoms with van der Waals surface area (Å²) in [6, 6.07) is 13.1. The molecule has 0 aromatic heterocycles. The molecule has 2 aromatic carbocycles. The molecule has 4 rings (SSSR count). The van der Waals surface area contributed by atoms with E-state index in [1.807, 2.05) is 29.2 Å². The van der Waals surface area contributed by atoms with Crippen LogP contribution in [0.4, 0.5) is 4.39 Å². The Balaban J connectivity index is 1.33. The van der Waals surface area contributed by atoms with Gasteiger partial charge in [0.05, 0.1) is 20.1 Å². The normalized spacial score (nSPS) is 18.5. The Hall–Kier alpha value is -3.26. The summed E-state index contributed by atoms with van der Waals surface area (Å²) in [4.78, 5) is 43.5. The summed E-state index contributed by atoms with van der Waals surface area (Å²) in [5.41, 5.74) is 2.88. The van der Waals surface area contributed by atoms with E-state index in [1.54, 1.807) is 21.9 Å². The van der Waals surface area contributed by atoms with Gasteiger partial charge in [-0.1, -0.05) is 36.4 Å². The fourth-order valence-corrected chi connectivity index (χ4v) is 4.46. The van der Waals surface area contributed by atoms with Crippen molar-refractivity contribution in [3.63, 3.8) is 0 Å². The number of ether oxygens (including phenoxy) is 1. The first kappa shape index (κ1) is 22.9. The van der Waals surface area contributed by atoms with Crippen LogP contribution in [0.2, 0.25) is 0 Å². The Morgan fingerprint density at radius 2 is 1.61 bits per heavy atom. The third-order valence-corrected chi connectivity index (χ3v) is 6.39. The summed E-state index contributed by atoms with van der Waals surface area (Å²) in [5, 5.41) is 0. The summed E-state index contributed by atoms with van der Waals surface area (Å²) in [7, 11) is 1.34. The number of fused-ring (bicyclic) bond motifs is 1. The van der Waals surface area contributed by atoms with E-state index in [-0.39, 0.29) is 30.6 Å². The number of benzene rings is 2. The molecule has 1 saturated heterocycles. The fraction of sp³-hybridized carbons (Fsp3) is 0.400. The lowest BCUT2D eigenvalue weighted by atomic mass is 9.94. The molecule has 174 valence electrons. The molecular formula is C25H28FN3O4. The van der Waals surface area contributed by atoms with E-state index in [0.717, 1.165) is 16.7 Å². The van der Waals surface area contributed by atoms with Gasteiger partial charge < -0.3 is 14.5 Å². The first-order valence-electron chi connectivity index (χ1n) is 11.1. The molecule has 0 spiro atoms. The van der Waals surface area contributed by atoms with Gasteiger partial charge in [-0.05, 0) is 28.8 Å². The van der Waals surface area contributed by atoms with E-state index in [4.69, 9.17) is 4.74 Å². The predicted molar refractivity (Wildman–Crippen MR) is 120 cm³/mol. The minimum atomic E-state index is -0.629. The molecule has 0 radical (unpaired) electrons. The van der Waals surface area contributed by atoms with Crippen LogP contribution in [0.3, 0.4) is 0 Å². The SMILES string of the molecule is COC(=O)C1Cc2ccccc2CN1C(=O)CN1CCN(C(=O)Cc2ccc(F)cc2)CC1. The monoisotopic (exact) mass is 453 g/mol. The third-order valence-electron chi connectivity index (χ3n) is 6.39. The lowest BCUT2D eigenvalue weighted by molar-refractivity contribution is -0.154. The van der Waals surface area contributed by atoms with Crippen LogP contribution in [-0.4, -0.2) is 78.4 Å². The van der Waals surface area contributed by atoms with E-state index in [1.165, 1.54) is 19.2 Å². The van der Waals surface area contributed by atoms with E-state index in [2.05, 4.69) is 0 Å². The van der Waals surface area contributed by atoms with Crippen molar-refractivity contribution in [3.05, 3.63) is 71.0 Å². The van der Waals surface area contributed by atoms with Gasteiger partial charge in [0.2, 0.25) is 11.8 Å². The maximum absolute atomic E-state index is 13.2. The van der Waals surface area contributed by atoms with Gasteiger partial charge in [-0.3, -0.25) is 14.5 Å². The van der Waals surface area contributed by atoms with Crippen molar-refractivity contribution in [2.75, 3.05) is 39.8 Å². The molecule has 2 aliphatic heterocycles. The number of amides is 2. The van der Waals surface area contributed by atoms with Gasteiger partial charge in [0.1, 0.15) is 11.9 Å². The molecule has 0 N–H and O–H groups in total. The Morgan fingerprint density at radius 1 is 0.939 bits per heavy atom. The Kier molecular flexibility index (Phi) is 7.03. The quantitative estimate of drug-likeness (QED) is 0.644. The molecule has 1 atom stereocenters. The molecule has 0 saturated carbocycles.